The Balaban J connectivity index is 2.06. The smallest absolute Gasteiger partial charge is 0.0933 e. The highest BCUT2D eigenvalue weighted by molar-refractivity contribution is 9.11. The van der Waals surface area contributed by atoms with Crippen molar-refractivity contribution in [2.24, 2.45) is 5.73 Å². The number of rotatable bonds is 4. The Bertz CT molecular complexity index is 497. The Kier molecular flexibility index (Phi) is 4.02. The van der Waals surface area contributed by atoms with Gasteiger partial charge in [0.05, 0.1) is 19.4 Å². The Labute approximate surface area is 118 Å². The van der Waals surface area contributed by atoms with Gasteiger partial charge in [-0.3, -0.25) is 0 Å². The van der Waals surface area contributed by atoms with Crippen molar-refractivity contribution in [3.8, 4) is 10.6 Å². The van der Waals surface area contributed by atoms with Gasteiger partial charge in [-0.2, -0.15) is 0 Å². The van der Waals surface area contributed by atoms with Gasteiger partial charge in [0.1, 0.15) is 0 Å². The Morgan fingerprint density at radius 3 is 2.76 bits per heavy atom. The van der Waals surface area contributed by atoms with Crippen LogP contribution in [0.1, 0.15) is 25.3 Å². The zero-order chi connectivity index (χ0) is 12.5. The Morgan fingerprint density at radius 2 is 2.18 bits per heavy atom. The summed E-state index contributed by atoms with van der Waals surface area (Å²) >= 11 is 6.90. The van der Waals surface area contributed by atoms with Crippen LogP contribution in [0.3, 0.4) is 0 Å². The van der Waals surface area contributed by atoms with Crippen molar-refractivity contribution in [1.82, 2.24) is 4.98 Å². The summed E-state index contributed by atoms with van der Waals surface area (Å²) in [5.41, 5.74) is 6.94. The second-order valence-corrected chi connectivity index (χ2v) is 8.12. The van der Waals surface area contributed by atoms with E-state index in [9.17, 15) is 0 Å². The third kappa shape index (κ3) is 3.88. The highest BCUT2D eigenvalue weighted by atomic mass is 79.9. The largest absolute Gasteiger partial charge is 0.326 e. The predicted molar refractivity (Wildman–Crippen MR) is 79.7 cm³/mol. The van der Waals surface area contributed by atoms with Crippen LogP contribution in [0.5, 0.6) is 0 Å². The first kappa shape index (κ1) is 13.2. The molecule has 0 aliphatic heterocycles. The molecule has 0 amide bonds. The summed E-state index contributed by atoms with van der Waals surface area (Å²) in [4.78, 5) is 5.86. The molecule has 2 nitrogen and oxygen atoms in total. The van der Waals surface area contributed by atoms with E-state index in [2.05, 4.69) is 52.3 Å². The SMILES string of the molecule is CC(C)(N)CCc1nc(-c2ccc(Br)s2)cs1. The lowest BCUT2D eigenvalue weighted by molar-refractivity contribution is 0.476. The number of thiophene rings is 1. The topological polar surface area (TPSA) is 38.9 Å². The Morgan fingerprint density at radius 1 is 1.41 bits per heavy atom. The van der Waals surface area contributed by atoms with Gasteiger partial charge in [0.2, 0.25) is 0 Å². The average Bonchev–Trinajstić information content (AvgIpc) is 2.81. The van der Waals surface area contributed by atoms with Gasteiger partial charge >= 0.3 is 0 Å². The fourth-order valence-corrected chi connectivity index (χ4v) is 3.64. The molecule has 5 heteroatoms. The number of halogens is 1. The minimum atomic E-state index is -0.113. The van der Waals surface area contributed by atoms with E-state index in [1.807, 2.05) is 0 Å². The van der Waals surface area contributed by atoms with Crippen molar-refractivity contribution in [1.29, 1.82) is 0 Å². The van der Waals surface area contributed by atoms with Crippen LogP contribution in [-0.2, 0) is 6.42 Å². The predicted octanol–water partition coefficient (Wildman–Crippen LogP) is 4.30. The van der Waals surface area contributed by atoms with Crippen molar-refractivity contribution in [2.45, 2.75) is 32.2 Å². The maximum atomic E-state index is 5.98. The second kappa shape index (κ2) is 5.18. The Hall–Kier alpha value is -0.230. The second-order valence-electron chi connectivity index (χ2n) is 4.72. The molecule has 92 valence electrons. The number of aromatic nitrogens is 1. The van der Waals surface area contributed by atoms with Gasteiger partial charge in [0.15, 0.2) is 0 Å². The lowest BCUT2D eigenvalue weighted by atomic mass is 10.0. The van der Waals surface area contributed by atoms with Crippen molar-refractivity contribution in [2.75, 3.05) is 0 Å². The van der Waals surface area contributed by atoms with E-state index < -0.39 is 0 Å². The van der Waals surface area contributed by atoms with Crippen molar-refractivity contribution >= 4 is 38.6 Å². The molecule has 0 aliphatic rings. The van der Waals surface area contributed by atoms with Gasteiger partial charge in [0.25, 0.3) is 0 Å². The molecule has 0 saturated carbocycles. The molecule has 0 unspecified atom stereocenters. The molecular weight excluding hydrogens is 316 g/mol. The highest BCUT2D eigenvalue weighted by Gasteiger charge is 2.13. The molecule has 0 spiro atoms. The zero-order valence-corrected chi connectivity index (χ0v) is 13.1. The summed E-state index contributed by atoms with van der Waals surface area (Å²) < 4.78 is 1.14. The molecule has 2 rings (SSSR count). The molecule has 0 atom stereocenters. The molecule has 0 radical (unpaired) electrons. The van der Waals surface area contributed by atoms with Crippen LogP contribution in [0.15, 0.2) is 21.3 Å². The monoisotopic (exact) mass is 330 g/mol. The van der Waals surface area contributed by atoms with Crippen LogP contribution in [0.4, 0.5) is 0 Å². The van der Waals surface area contributed by atoms with Crippen LogP contribution >= 0.6 is 38.6 Å². The van der Waals surface area contributed by atoms with Crippen LogP contribution < -0.4 is 5.73 Å². The molecule has 0 aliphatic carbocycles. The summed E-state index contributed by atoms with van der Waals surface area (Å²) in [5, 5.41) is 3.29. The summed E-state index contributed by atoms with van der Waals surface area (Å²) in [5.74, 6) is 0. The molecule has 0 aromatic carbocycles. The number of nitrogens with two attached hydrogens (primary N) is 1. The van der Waals surface area contributed by atoms with Gasteiger partial charge in [-0.15, -0.1) is 22.7 Å². The standard InChI is InChI=1S/C12H15BrN2S2/c1-12(2,14)6-5-11-15-8(7-16-11)9-3-4-10(13)17-9/h3-4,7H,5-6,14H2,1-2H3. The molecular formula is C12H15BrN2S2. The third-order valence-corrected chi connectivity index (χ3v) is 4.92. The number of aryl methyl sites for hydroxylation is 1. The van der Waals surface area contributed by atoms with Gasteiger partial charge in [-0.25, -0.2) is 4.98 Å². The molecule has 2 aromatic heterocycles. The summed E-state index contributed by atoms with van der Waals surface area (Å²) in [7, 11) is 0. The number of thiazole rings is 1. The first-order chi connectivity index (χ1) is 7.94. The minimum absolute atomic E-state index is 0.113. The van der Waals surface area contributed by atoms with E-state index in [-0.39, 0.29) is 5.54 Å². The van der Waals surface area contributed by atoms with E-state index in [4.69, 9.17) is 5.73 Å². The molecule has 0 saturated heterocycles. The average molecular weight is 331 g/mol. The van der Waals surface area contributed by atoms with Crippen molar-refractivity contribution in [3.05, 3.63) is 26.3 Å². The lowest BCUT2D eigenvalue weighted by Gasteiger charge is -2.16. The van der Waals surface area contributed by atoms with Crippen molar-refractivity contribution < 1.29 is 0 Å². The molecule has 17 heavy (non-hydrogen) atoms. The maximum Gasteiger partial charge on any atom is 0.0933 e. The third-order valence-electron chi connectivity index (χ3n) is 2.36. The fourth-order valence-electron chi connectivity index (χ4n) is 1.42. The number of nitrogens with zero attached hydrogens (tertiary/aromatic N) is 1. The fraction of sp³-hybridized carbons (Fsp3) is 0.417. The highest BCUT2D eigenvalue weighted by Crippen LogP contribution is 2.32. The maximum absolute atomic E-state index is 5.98. The number of hydrogen-bond acceptors (Lipinski definition) is 4. The summed E-state index contributed by atoms with van der Waals surface area (Å²) in [6.07, 6.45) is 1.93. The van der Waals surface area contributed by atoms with Gasteiger partial charge in [0, 0.05) is 17.3 Å². The number of hydrogen-bond donors (Lipinski definition) is 1. The molecule has 2 heterocycles. The van der Waals surface area contributed by atoms with Crippen LogP contribution in [0, 0.1) is 0 Å². The van der Waals surface area contributed by atoms with Crippen LogP contribution in [0.25, 0.3) is 10.6 Å². The van der Waals surface area contributed by atoms with Crippen LogP contribution in [-0.4, -0.2) is 10.5 Å². The van der Waals surface area contributed by atoms with Gasteiger partial charge in [-0.1, -0.05) is 0 Å². The van der Waals surface area contributed by atoms with E-state index in [1.54, 1.807) is 22.7 Å². The molecule has 2 aromatic rings. The summed E-state index contributed by atoms with van der Waals surface area (Å²) in [6.45, 7) is 4.11. The first-order valence-electron chi connectivity index (χ1n) is 5.43. The normalized spacial score (nSPS) is 12.0. The van der Waals surface area contributed by atoms with Crippen molar-refractivity contribution in [3.63, 3.8) is 0 Å². The van der Waals surface area contributed by atoms with Gasteiger partial charge < -0.3 is 5.73 Å². The lowest BCUT2D eigenvalue weighted by Crippen LogP contribution is -2.32. The quantitative estimate of drug-likeness (QED) is 0.907. The van der Waals surface area contributed by atoms with E-state index in [0.717, 1.165) is 22.3 Å². The van der Waals surface area contributed by atoms with Gasteiger partial charge in [-0.05, 0) is 48.3 Å². The minimum Gasteiger partial charge on any atom is -0.326 e. The molecule has 0 fully saturated rings. The molecule has 2 N–H and O–H groups in total. The van der Waals surface area contributed by atoms with E-state index in [1.165, 1.54) is 9.88 Å². The zero-order valence-electron chi connectivity index (χ0n) is 9.87. The van der Waals surface area contributed by atoms with E-state index in [0.29, 0.717) is 0 Å². The first-order valence-corrected chi connectivity index (χ1v) is 7.92. The molecule has 0 bridgehead atoms. The van der Waals surface area contributed by atoms with E-state index >= 15 is 0 Å². The summed E-state index contributed by atoms with van der Waals surface area (Å²) in [6, 6.07) is 4.16. The van der Waals surface area contributed by atoms with Crippen LogP contribution in [0.2, 0.25) is 0 Å².